The standard InChI is InChI=1S/C27H31F3N4S/c1-26(2)18-33(21-6-9-23(10-7-21)35-27(28,29)30)19-34(26)17-20-12-13-31-25-16-22(8-11-24(20)25)32-14-4-3-5-15-32/h6-13,16H,3-5,14-15,17-19H2,1-2H3. The summed E-state index contributed by atoms with van der Waals surface area (Å²) in [6.07, 6.45) is 5.70. The van der Waals surface area contributed by atoms with Crippen LogP contribution in [0.25, 0.3) is 10.9 Å². The van der Waals surface area contributed by atoms with Gasteiger partial charge in [-0.3, -0.25) is 9.88 Å². The quantitative estimate of drug-likeness (QED) is 0.355. The van der Waals surface area contributed by atoms with Crippen LogP contribution in [0.2, 0.25) is 0 Å². The molecule has 0 aliphatic carbocycles. The Balaban J connectivity index is 1.32. The molecule has 5 rings (SSSR count). The van der Waals surface area contributed by atoms with Crippen LogP contribution < -0.4 is 9.80 Å². The fraction of sp³-hybridized carbons (Fsp3) is 0.444. The Morgan fingerprint density at radius 2 is 1.63 bits per heavy atom. The number of rotatable bonds is 5. The van der Waals surface area contributed by atoms with Crippen molar-refractivity contribution in [3.05, 3.63) is 60.3 Å². The zero-order valence-electron chi connectivity index (χ0n) is 20.2. The first-order valence-electron chi connectivity index (χ1n) is 12.2. The predicted octanol–water partition coefficient (Wildman–Crippen LogP) is 6.90. The highest BCUT2D eigenvalue weighted by atomic mass is 32.2. The molecule has 0 atom stereocenters. The van der Waals surface area contributed by atoms with E-state index in [1.807, 2.05) is 6.20 Å². The molecule has 35 heavy (non-hydrogen) atoms. The number of hydrogen-bond acceptors (Lipinski definition) is 5. The number of fused-ring (bicyclic) bond motifs is 1. The molecule has 0 radical (unpaired) electrons. The maximum atomic E-state index is 12.7. The predicted molar refractivity (Wildman–Crippen MR) is 138 cm³/mol. The van der Waals surface area contributed by atoms with Gasteiger partial charge in [-0.05, 0) is 92.9 Å². The second-order valence-corrected chi connectivity index (χ2v) is 11.2. The van der Waals surface area contributed by atoms with E-state index in [0.717, 1.165) is 37.4 Å². The van der Waals surface area contributed by atoms with Gasteiger partial charge in [-0.15, -0.1) is 0 Å². The second kappa shape index (κ2) is 9.54. The smallest absolute Gasteiger partial charge is 0.371 e. The first-order valence-corrected chi connectivity index (χ1v) is 13.0. The third kappa shape index (κ3) is 5.54. The fourth-order valence-electron chi connectivity index (χ4n) is 5.20. The average Bonchev–Trinajstić information content (AvgIpc) is 3.13. The molecule has 1 aromatic heterocycles. The van der Waals surface area contributed by atoms with Gasteiger partial charge in [0.15, 0.2) is 0 Å². The van der Waals surface area contributed by atoms with Crippen molar-refractivity contribution in [1.82, 2.24) is 9.88 Å². The Morgan fingerprint density at radius 1 is 0.914 bits per heavy atom. The summed E-state index contributed by atoms with van der Waals surface area (Å²) in [5, 5.41) is 1.18. The Kier molecular flexibility index (Phi) is 6.61. The highest BCUT2D eigenvalue weighted by Gasteiger charge is 2.37. The lowest BCUT2D eigenvalue weighted by molar-refractivity contribution is -0.0328. The van der Waals surface area contributed by atoms with Crippen LogP contribution in [-0.2, 0) is 6.54 Å². The van der Waals surface area contributed by atoms with Crippen molar-refractivity contribution in [3.63, 3.8) is 0 Å². The van der Waals surface area contributed by atoms with Crippen molar-refractivity contribution in [2.45, 2.75) is 55.6 Å². The van der Waals surface area contributed by atoms with E-state index >= 15 is 0 Å². The maximum Gasteiger partial charge on any atom is 0.446 e. The van der Waals surface area contributed by atoms with Gasteiger partial charge in [-0.25, -0.2) is 0 Å². The number of nitrogens with zero attached hydrogens (tertiary/aromatic N) is 4. The molecular weight excluding hydrogens is 469 g/mol. The number of piperidine rings is 1. The van der Waals surface area contributed by atoms with E-state index in [1.165, 1.54) is 35.9 Å². The minimum Gasteiger partial charge on any atom is -0.371 e. The lowest BCUT2D eigenvalue weighted by atomic mass is 10.0. The maximum absolute atomic E-state index is 12.7. The molecule has 186 valence electrons. The average molecular weight is 501 g/mol. The van der Waals surface area contributed by atoms with Crippen molar-refractivity contribution >= 4 is 34.0 Å². The normalized spacial score (nSPS) is 19.0. The molecule has 2 aromatic carbocycles. The van der Waals surface area contributed by atoms with Gasteiger partial charge in [0, 0.05) is 59.6 Å². The summed E-state index contributed by atoms with van der Waals surface area (Å²) in [5.41, 5.74) is 0.113. The molecule has 0 spiro atoms. The number of alkyl halides is 3. The van der Waals surface area contributed by atoms with E-state index in [0.29, 0.717) is 6.67 Å². The van der Waals surface area contributed by atoms with Gasteiger partial charge in [0.1, 0.15) is 0 Å². The molecule has 3 heterocycles. The van der Waals surface area contributed by atoms with Crippen LogP contribution in [0.4, 0.5) is 24.5 Å². The number of aromatic nitrogens is 1. The number of hydrogen-bond donors (Lipinski definition) is 0. The monoisotopic (exact) mass is 500 g/mol. The Hall–Kier alpha value is -2.45. The van der Waals surface area contributed by atoms with Crippen molar-refractivity contribution in [2.24, 2.45) is 0 Å². The fourth-order valence-corrected chi connectivity index (χ4v) is 5.74. The van der Waals surface area contributed by atoms with Crippen LogP contribution in [0.3, 0.4) is 0 Å². The minimum atomic E-state index is -4.27. The lowest BCUT2D eigenvalue weighted by Crippen LogP contribution is -2.39. The van der Waals surface area contributed by atoms with Gasteiger partial charge in [0.05, 0.1) is 12.2 Å². The zero-order valence-corrected chi connectivity index (χ0v) is 21.0. The summed E-state index contributed by atoms with van der Waals surface area (Å²) in [4.78, 5) is 12.0. The molecule has 0 amide bonds. The van der Waals surface area contributed by atoms with E-state index in [9.17, 15) is 13.2 Å². The summed E-state index contributed by atoms with van der Waals surface area (Å²) in [5.74, 6) is 0. The van der Waals surface area contributed by atoms with Crippen LogP contribution in [0.1, 0.15) is 38.7 Å². The van der Waals surface area contributed by atoms with Crippen molar-refractivity contribution in [1.29, 1.82) is 0 Å². The first kappa shape index (κ1) is 24.3. The minimum absolute atomic E-state index is 0.0728. The summed E-state index contributed by atoms with van der Waals surface area (Å²) < 4.78 is 38.0. The molecular formula is C27H31F3N4S. The third-order valence-electron chi connectivity index (χ3n) is 7.11. The van der Waals surface area contributed by atoms with Crippen LogP contribution in [0.5, 0.6) is 0 Å². The van der Waals surface area contributed by atoms with Crippen LogP contribution >= 0.6 is 11.8 Å². The van der Waals surface area contributed by atoms with E-state index in [2.05, 4.69) is 57.8 Å². The summed E-state index contributed by atoms with van der Waals surface area (Å²) in [7, 11) is 0. The number of benzene rings is 2. The summed E-state index contributed by atoms with van der Waals surface area (Å²) >= 11 is -0.0728. The summed E-state index contributed by atoms with van der Waals surface area (Å²) in [6.45, 7) is 8.97. The molecule has 2 aliphatic rings. The van der Waals surface area contributed by atoms with Gasteiger partial charge < -0.3 is 9.80 Å². The van der Waals surface area contributed by atoms with E-state index < -0.39 is 5.51 Å². The summed E-state index contributed by atoms with van der Waals surface area (Å²) in [6, 6.07) is 15.4. The molecule has 3 aromatic rings. The van der Waals surface area contributed by atoms with Crippen molar-refractivity contribution in [2.75, 3.05) is 36.1 Å². The number of thioether (sulfide) groups is 1. The Labute approximate surface area is 209 Å². The Morgan fingerprint density at radius 3 is 2.34 bits per heavy atom. The van der Waals surface area contributed by atoms with Gasteiger partial charge in [0.2, 0.25) is 0 Å². The third-order valence-corrected chi connectivity index (χ3v) is 7.85. The molecule has 2 fully saturated rings. The molecule has 0 N–H and O–H groups in total. The SMILES string of the molecule is CC1(C)CN(c2ccc(SC(F)(F)F)cc2)CN1Cc1ccnc2cc(N3CCCCC3)ccc12. The van der Waals surface area contributed by atoms with Gasteiger partial charge >= 0.3 is 5.51 Å². The molecule has 2 saturated heterocycles. The number of pyridine rings is 1. The topological polar surface area (TPSA) is 22.6 Å². The van der Waals surface area contributed by atoms with Crippen LogP contribution in [0, 0.1) is 0 Å². The molecule has 8 heteroatoms. The van der Waals surface area contributed by atoms with Gasteiger partial charge in [-0.1, -0.05) is 6.07 Å². The highest BCUT2D eigenvalue weighted by molar-refractivity contribution is 8.00. The number of anilines is 2. The molecule has 0 bridgehead atoms. The largest absolute Gasteiger partial charge is 0.446 e. The van der Waals surface area contributed by atoms with Gasteiger partial charge in [0.25, 0.3) is 0 Å². The van der Waals surface area contributed by atoms with Gasteiger partial charge in [-0.2, -0.15) is 13.2 Å². The zero-order chi connectivity index (χ0) is 24.6. The molecule has 4 nitrogen and oxygen atoms in total. The van der Waals surface area contributed by atoms with E-state index in [-0.39, 0.29) is 22.2 Å². The first-order chi connectivity index (χ1) is 16.7. The van der Waals surface area contributed by atoms with Crippen molar-refractivity contribution < 1.29 is 13.2 Å². The van der Waals surface area contributed by atoms with E-state index in [4.69, 9.17) is 0 Å². The second-order valence-electron chi connectivity index (χ2n) is 10.1. The molecule has 2 aliphatic heterocycles. The lowest BCUT2D eigenvalue weighted by Gasteiger charge is -2.30. The molecule has 0 saturated carbocycles. The van der Waals surface area contributed by atoms with Crippen molar-refractivity contribution in [3.8, 4) is 0 Å². The van der Waals surface area contributed by atoms with E-state index in [1.54, 1.807) is 24.3 Å². The van der Waals surface area contributed by atoms with Crippen LogP contribution in [0.15, 0.2) is 59.6 Å². The highest BCUT2D eigenvalue weighted by Crippen LogP contribution is 2.38. The number of halogens is 3. The Bertz CT molecular complexity index is 1170. The molecule has 0 unspecified atom stereocenters. The van der Waals surface area contributed by atoms with Crippen LogP contribution in [-0.4, -0.2) is 47.2 Å².